The van der Waals surface area contributed by atoms with Gasteiger partial charge in [0.1, 0.15) is 16.8 Å². The van der Waals surface area contributed by atoms with Gasteiger partial charge in [0.15, 0.2) is 6.61 Å². The highest BCUT2D eigenvalue weighted by Crippen LogP contribution is 2.14. The molecule has 0 fully saturated rings. The molecule has 8 heteroatoms. The van der Waals surface area contributed by atoms with Gasteiger partial charge in [0.25, 0.3) is 0 Å². The van der Waals surface area contributed by atoms with Crippen molar-refractivity contribution in [2.75, 3.05) is 7.05 Å². The molecule has 0 bridgehead atoms. The van der Waals surface area contributed by atoms with Crippen LogP contribution >= 0.6 is 0 Å². The van der Waals surface area contributed by atoms with Gasteiger partial charge in [0.05, 0.1) is 6.54 Å². The smallest absolute Gasteiger partial charge is 0.240 e. The third-order valence-corrected chi connectivity index (χ3v) is 3.80. The topological polar surface area (TPSA) is 90.3 Å². The average Bonchev–Trinajstić information content (AvgIpc) is 3.29. The molecule has 0 saturated carbocycles. The highest BCUT2D eigenvalue weighted by molar-refractivity contribution is 5.73. The summed E-state index contributed by atoms with van der Waals surface area (Å²) < 4.78 is 15.6. The Bertz CT molecular complexity index is 983. The summed E-state index contributed by atoms with van der Waals surface area (Å²) in [6.07, 6.45) is 0. The molecule has 2 aromatic carbocycles. The molecule has 0 aliphatic carbocycles. The second kappa shape index (κ2) is 7.32. The van der Waals surface area contributed by atoms with Crippen molar-refractivity contribution in [1.29, 1.82) is 0 Å². The largest absolute Gasteiger partial charge is 0.485 e. The number of benzene rings is 2. The second-order valence-electron chi connectivity index (χ2n) is 5.97. The zero-order valence-corrected chi connectivity index (χ0v) is 14.2. The van der Waals surface area contributed by atoms with E-state index >= 15 is 0 Å². The molecule has 0 radical (unpaired) electrons. The maximum Gasteiger partial charge on any atom is 0.240 e. The minimum Gasteiger partial charge on any atom is -0.485 e. The van der Waals surface area contributed by atoms with Crippen LogP contribution in [0.25, 0.3) is 11.0 Å². The normalized spacial score (nSPS) is 11.3. The first-order valence-corrected chi connectivity index (χ1v) is 8.15. The van der Waals surface area contributed by atoms with Crippen LogP contribution in [0.5, 0.6) is 5.75 Å². The molecule has 0 aliphatic heterocycles. The van der Waals surface area contributed by atoms with E-state index in [1.165, 1.54) is 0 Å². The van der Waals surface area contributed by atoms with Crippen LogP contribution < -0.4 is 4.74 Å². The van der Waals surface area contributed by atoms with Crippen LogP contribution in [-0.4, -0.2) is 32.4 Å². The van der Waals surface area contributed by atoms with Crippen LogP contribution in [0.15, 0.2) is 57.7 Å². The summed E-state index contributed by atoms with van der Waals surface area (Å²) in [6, 6.07) is 15.4. The third kappa shape index (κ3) is 3.86. The third-order valence-electron chi connectivity index (χ3n) is 3.80. The Morgan fingerprint density at radius 2 is 1.81 bits per heavy atom. The number of ether oxygens (including phenoxy) is 1. The van der Waals surface area contributed by atoms with E-state index in [0.29, 0.717) is 24.8 Å². The van der Waals surface area contributed by atoms with Gasteiger partial charge >= 0.3 is 0 Å². The van der Waals surface area contributed by atoms with Gasteiger partial charge < -0.3 is 9.26 Å². The van der Waals surface area contributed by atoms with Gasteiger partial charge in [-0.3, -0.25) is 4.90 Å². The molecule has 0 atom stereocenters. The molecule has 0 unspecified atom stereocenters. The lowest BCUT2D eigenvalue weighted by Crippen LogP contribution is -2.17. The highest BCUT2D eigenvalue weighted by Gasteiger charge is 2.11. The van der Waals surface area contributed by atoms with Gasteiger partial charge in [0.2, 0.25) is 11.7 Å². The number of nitrogens with zero attached hydrogens (tertiary/aromatic N) is 5. The van der Waals surface area contributed by atoms with E-state index in [0.717, 1.165) is 22.3 Å². The zero-order valence-electron chi connectivity index (χ0n) is 14.2. The van der Waals surface area contributed by atoms with Crippen LogP contribution in [0, 0.1) is 0 Å². The van der Waals surface area contributed by atoms with Gasteiger partial charge in [-0.1, -0.05) is 29.4 Å². The Balaban J connectivity index is 1.32. The summed E-state index contributed by atoms with van der Waals surface area (Å²) in [5.74, 6) is 1.84. The summed E-state index contributed by atoms with van der Waals surface area (Å²) in [7, 11) is 1.98. The van der Waals surface area contributed by atoms with Gasteiger partial charge in [-0.25, -0.2) is 4.63 Å². The van der Waals surface area contributed by atoms with Crippen molar-refractivity contribution in [3.05, 3.63) is 65.8 Å². The van der Waals surface area contributed by atoms with Gasteiger partial charge in [-0.15, -0.1) is 0 Å². The Kier molecular flexibility index (Phi) is 4.57. The number of hydrogen-bond acceptors (Lipinski definition) is 8. The van der Waals surface area contributed by atoms with Gasteiger partial charge in [-0.2, -0.15) is 4.98 Å². The minimum atomic E-state index is 0.271. The fourth-order valence-corrected chi connectivity index (χ4v) is 2.60. The molecule has 26 heavy (non-hydrogen) atoms. The van der Waals surface area contributed by atoms with Crippen molar-refractivity contribution in [3.8, 4) is 5.75 Å². The fraction of sp³-hybridized carbons (Fsp3) is 0.222. The van der Waals surface area contributed by atoms with Crippen molar-refractivity contribution >= 4 is 11.0 Å². The number of para-hydroxylation sites is 1. The van der Waals surface area contributed by atoms with E-state index in [9.17, 15) is 0 Å². The first-order valence-electron chi connectivity index (χ1n) is 8.15. The van der Waals surface area contributed by atoms with E-state index in [1.54, 1.807) is 0 Å². The number of rotatable bonds is 7. The summed E-state index contributed by atoms with van der Waals surface area (Å²) in [5.41, 5.74) is 2.59. The standard InChI is InChI=1S/C18H17N5O3/c1-23(10-13-7-8-15-16(9-13)21-26-20-15)11-18-19-17(22-25-18)12-24-14-5-3-2-4-6-14/h2-9H,10-12H2,1H3. The van der Waals surface area contributed by atoms with E-state index in [1.807, 2.05) is 55.6 Å². The van der Waals surface area contributed by atoms with Crippen molar-refractivity contribution in [2.24, 2.45) is 0 Å². The molecule has 132 valence electrons. The monoisotopic (exact) mass is 351 g/mol. The van der Waals surface area contributed by atoms with Crippen LogP contribution in [0.4, 0.5) is 0 Å². The maximum absolute atomic E-state index is 5.62. The number of fused-ring (bicyclic) bond motifs is 1. The quantitative estimate of drug-likeness (QED) is 0.502. The van der Waals surface area contributed by atoms with Crippen molar-refractivity contribution in [2.45, 2.75) is 19.7 Å². The van der Waals surface area contributed by atoms with Crippen LogP contribution in [0.3, 0.4) is 0 Å². The molecule has 0 saturated heterocycles. The van der Waals surface area contributed by atoms with Crippen molar-refractivity contribution in [1.82, 2.24) is 25.4 Å². The molecule has 4 rings (SSSR count). The predicted molar refractivity (Wildman–Crippen MR) is 92.0 cm³/mol. The highest BCUT2D eigenvalue weighted by atomic mass is 16.6. The van der Waals surface area contributed by atoms with Gasteiger partial charge in [-0.05, 0) is 47.2 Å². The predicted octanol–water partition coefficient (Wildman–Crippen LogP) is 2.82. The molecule has 2 heterocycles. The Morgan fingerprint density at radius 1 is 0.962 bits per heavy atom. The molecule has 2 aromatic heterocycles. The van der Waals surface area contributed by atoms with E-state index in [-0.39, 0.29) is 6.61 Å². The van der Waals surface area contributed by atoms with E-state index in [4.69, 9.17) is 13.9 Å². The van der Waals surface area contributed by atoms with Crippen LogP contribution in [-0.2, 0) is 19.7 Å². The number of aromatic nitrogens is 4. The number of hydrogen-bond donors (Lipinski definition) is 0. The molecular weight excluding hydrogens is 334 g/mol. The van der Waals surface area contributed by atoms with Gasteiger partial charge in [0, 0.05) is 6.54 Å². The first kappa shape index (κ1) is 16.2. The summed E-state index contributed by atoms with van der Waals surface area (Å²) in [4.78, 5) is 6.44. The Morgan fingerprint density at radius 3 is 2.69 bits per heavy atom. The fourth-order valence-electron chi connectivity index (χ4n) is 2.60. The lowest BCUT2D eigenvalue weighted by atomic mass is 10.2. The summed E-state index contributed by atoms with van der Waals surface area (Å²) in [5, 5.41) is 11.6. The molecule has 0 amide bonds. The molecule has 0 N–H and O–H groups in total. The Hall–Kier alpha value is -3.26. The average molecular weight is 351 g/mol. The molecule has 8 nitrogen and oxygen atoms in total. The zero-order chi connectivity index (χ0) is 17.8. The molecule has 0 spiro atoms. The van der Waals surface area contributed by atoms with E-state index in [2.05, 4.69) is 25.4 Å². The molecular formula is C18H17N5O3. The van der Waals surface area contributed by atoms with E-state index < -0.39 is 0 Å². The van der Waals surface area contributed by atoms with Crippen molar-refractivity contribution in [3.63, 3.8) is 0 Å². The summed E-state index contributed by atoms with van der Waals surface area (Å²) in [6.45, 7) is 1.52. The second-order valence-corrected chi connectivity index (χ2v) is 5.97. The Labute approximate surface area is 149 Å². The molecule has 4 aromatic rings. The lowest BCUT2D eigenvalue weighted by Gasteiger charge is -2.13. The first-order chi connectivity index (χ1) is 12.8. The van der Waals surface area contributed by atoms with Crippen LogP contribution in [0.1, 0.15) is 17.3 Å². The minimum absolute atomic E-state index is 0.271. The maximum atomic E-state index is 5.62. The molecule has 0 aliphatic rings. The summed E-state index contributed by atoms with van der Waals surface area (Å²) >= 11 is 0. The van der Waals surface area contributed by atoms with Crippen LogP contribution in [0.2, 0.25) is 0 Å². The van der Waals surface area contributed by atoms with Crippen molar-refractivity contribution < 1.29 is 13.9 Å². The SMILES string of the molecule is CN(Cc1ccc2nonc2c1)Cc1nc(COc2ccccc2)no1. The lowest BCUT2D eigenvalue weighted by molar-refractivity contribution is 0.256.